The zero-order valence-electron chi connectivity index (χ0n) is 12.1. The van der Waals surface area contributed by atoms with Gasteiger partial charge in [0.2, 0.25) is 5.43 Å². The van der Waals surface area contributed by atoms with E-state index in [1.807, 2.05) is 11.8 Å². The molecule has 1 aromatic heterocycles. The maximum Gasteiger partial charge on any atom is 0.276 e. The maximum absolute atomic E-state index is 13.4. The van der Waals surface area contributed by atoms with Crippen molar-refractivity contribution in [2.75, 3.05) is 11.5 Å². The Hall–Kier alpha value is -1.89. The van der Waals surface area contributed by atoms with Crippen molar-refractivity contribution in [2.45, 2.75) is 18.9 Å². The number of carbonyl (C=O) groups is 1. The smallest absolute Gasteiger partial charge is 0.276 e. The standard InChI is InChI=1S/C15H16FN3O2S/c1-19-12-3-2-9(16)8-11(12)14(20)13(18-19)15(21)17-10-4-6-22-7-5-10/h2-3,8,10H,4-7H2,1H3,(H,17,21). The minimum absolute atomic E-state index is 0.0727. The van der Waals surface area contributed by atoms with Crippen molar-refractivity contribution in [1.82, 2.24) is 15.1 Å². The van der Waals surface area contributed by atoms with E-state index in [1.165, 1.54) is 16.8 Å². The van der Waals surface area contributed by atoms with E-state index in [4.69, 9.17) is 0 Å². The first-order chi connectivity index (χ1) is 10.6. The largest absolute Gasteiger partial charge is 0.348 e. The third kappa shape index (κ3) is 2.85. The molecule has 1 saturated heterocycles. The molecule has 1 amide bonds. The summed E-state index contributed by atoms with van der Waals surface area (Å²) in [4.78, 5) is 24.7. The van der Waals surface area contributed by atoms with Crippen molar-refractivity contribution in [3.8, 4) is 0 Å². The molecule has 1 aromatic carbocycles. The van der Waals surface area contributed by atoms with Gasteiger partial charge in [-0.1, -0.05) is 0 Å². The van der Waals surface area contributed by atoms with Gasteiger partial charge in [0, 0.05) is 13.1 Å². The summed E-state index contributed by atoms with van der Waals surface area (Å²) < 4.78 is 14.8. The first kappa shape index (κ1) is 15.0. The number of aromatic nitrogens is 2. The molecular weight excluding hydrogens is 305 g/mol. The van der Waals surface area contributed by atoms with Gasteiger partial charge in [0.05, 0.1) is 10.9 Å². The Morgan fingerprint density at radius 1 is 1.41 bits per heavy atom. The molecule has 0 spiro atoms. The van der Waals surface area contributed by atoms with Crippen LogP contribution in [0.2, 0.25) is 0 Å². The molecule has 0 radical (unpaired) electrons. The fraction of sp³-hybridized carbons (Fsp3) is 0.400. The normalized spacial score (nSPS) is 15.9. The molecular formula is C15H16FN3O2S. The number of aryl methyl sites for hydroxylation is 1. The molecule has 22 heavy (non-hydrogen) atoms. The van der Waals surface area contributed by atoms with E-state index >= 15 is 0 Å². The van der Waals surface area contributed by atoms with E-state index < -0.39 is 17.2 Å². The lowest BCUT2D eigenvalue weighted by Gasteiger charge is -2.22. The number of amides is 1. The molecule has 3 rings (SSSR count). The van der Waals surface area contributed by atoms with Gasteiger partial charge in [-0.3, -0.25) is 14.3 Å². The number of nitrogens with zero attached hydrogens (tertiary/aromatic N) is 2. The number of nitrogens with one attached hydrogen (secondary N) is 1. The van der Waals surface area contributed by atoms with Gasteiger partial charge in [-0.2, -0.15) is 16.9 Å². The zero-order valence-corrected chi connectivity index (χ0v) is 13.0. The number of hydrogen-bond acceptors (Lipinski definition) is 4. The van der Waals surface area contributed by atoms with Gasteiger partial charge in [-0.05, 0) is 42.5 Å². The van der Waals surface area contributed by atoms with Crippen molar-refractivity contribution in [3.05, 3.63) is 39.9 Å². The van der Waals surface area contributed by atoms with Gasteiger partial charge >= 0.3 is 0 Å². The Kier molecular flexibility index (Phi) is 4.15. The van der Waals surface area contributed by atoms with E-state index in [1.54, 1.807) is 7.05 Å². The summed E-state index contributed by atoms with van der Waals surface area (Å²) in [6.07, 6.45) is 1.78. The summed E-state index contributed by atoms with van der Waals surface area (Å²) in [5, 5.41) is 7.09. The molecule has 1 N–H and O–H groups in total. The molecule has 2 heterocycles. The topological polar surface area (TPSA) is 64.0 Å². The quantitative estimate of drug-likeness (QED) is 0.914. The van der Waals surface area contributed by atoms with Gasteiger partial charge in [-0.15, -0.1) is 0 Å². The summed E-state index contributed by atoms with van der Waals surface area (Å²) in [7, 11) is 1.63. The van der Waals surface area contributed by atoms with Crippen LogP contribution in [0.25, 0.3) is 10.9 Å². The SMILES string of the molecule is Cn1nc(C(=O)NC2CCSCC2)c(=O)c2cc(F)ccc21. The summed E-state index contributed by atoms with van der Waals surface area (Å²) in [5.74, 6) is 1.01. The highest BCUT2D eigenvalue weighted by molar-refractivity contribution is 7.99. The lowest BCUT2D eigenvalue weighted by molar-refractivity contribution is 0.0927. The number of halogens is 1. The number of carbonyl (C=O) groups excluding carboxylic acids is 1. The van der Waals surface area contributed by atoms with Crippen molar-refractivity contribution < 1.29 is 9.18 Å². The zero-order chi connectivity index (χ0) is 15.7. The third-order valence-corrected chi connectivity index (χ3v) is 4.84. The summed E-state index contributed by atoms with van der Waals surface area (Å²) in [5.41, 5.74) is -0.217. The van der Waals surface area contributed by atoms with E-state index in [2.05, 4.69) is 10.4 Å². The lowest BCUT2D eigenvalue weighted by Crippen LogP contribution is -2.40. The van der Waals surface area contributed by atoms with Crippen LogP contribution < -0.4 is 10.7 Å². The van der Waals surface area contributed by atoms with Crippen molar-refractivity contribution in [3.63, 3.8) is 0 Å². The van der Waals surface area contributed by atoms with Crippen LogP contribution in [0, 0.1) is 5.82 Å². The van der Waals surface area contributed by atoms with Crippen molar-refractivity contribution in [1.29, 1.82) is 0 Å². The summed E-state index contributed by atoms with van der Waals surface area (Å²) in [6.45, 7) is 0. The van der Waals surface area contributed by atoms with Crippen LogP contribution in [-0.4, -0.2) is 33.2 Å². The van der Waals surface area contributed by atoms with Crippen LogP contribution >= 0.6 is 11.8 Å². The summed E-state index contributed by atoms with van der Waals surface area (Å²) >= 11 is 1.86. The molecule has 0 atom stereocenters. The molecule has 2 aromatic rings. The molecule has 1 fully saturated rings. The van der Waals surface area contributed by atoms with Crippen LogP contribution in [0.5, 0.6) is 0 Å². The Labute approximate surface area is 130 Å². The number of benzene rings is 1. The average Bonchev–Trinajstić information content (AvgIpc) is 2.51. The fourth-order valence-corrected chi connectivity index (χ4v) is 3.70. The van der Waals surface area contributed by atoms with Gasteiger partial charge in [0.1, 0.15) is 5.82 Å². The monoisotopic (exact) mass is 321 g/mol. The third-order valence-electron chi connectivity index (χ3n) is 3.79. The van der Waals surface area contributed by atoms with Gasteiger partial charge in [-0.25, -0.2) is 4.39 Å². The second-order valence-electron chi connectivity index (χ2n) is 5.32. The highest BCUT2D eigenvalue weighted by Crippen LogP contribution is 2.17. The van der Waals surface area contributed by atoms with E-state index in [0.29, 0.717) is 5.52 Å². The van der Waals surface area contributed by atoms with E-state index in [-0.39, 0.29) is 17.1 Å². The van der Waals surface area contributed by atoms with Crippen molar-refractivity contribution >= 4 is 28.6 Å². The molecule has 0 unspecified atom stereocenters. The fourth-order valence-electron chi connectivity index (χ4n) is 2.59. The first-order valence-corrected chi connectivity index (χ1v) is 8.27. The second-order valence-corrected chi connectivity index (χ2v) is 6.55. The van der Waals surface area contributed by atoms with E-state index in [9.17, 15) is 14.0 Å². The van der Waals surface area contributed by atoms with Crippen LogP contribution in [0.15, 0.2) is 23.0 Å². The molecule has 7 heteroatoms. The maximum atomic E-state index is 13.4. The van der Waals surface area contributed by atoms with Crippen LogP contribution in [-0.2, 0) is 7.05 Å². The van der Waals surface area contributed by atoms with Gasteiger partial charge < -0.3 is 5.32 Å². The molecule has 0 bridgehead atoms. The second kappa shape index (κ2) is 6.08. The van der Waals surface area contributed by atoms with Crippen LogP contribution in [0.1, 0.15) is 23.3 Å². The predicted octanol–water partition coefficient (Wildman–Crippen LogP) is 1.70. The Balaban J connectivity index is 1.97. The minimum Gasteiger partial charge on any atom is -0.348 e. The highest BCUT2D eigenvalue weighted by Gasteiger charge is 2.21. The molecule has 5 nitrogen and oxygen atoms in total. The molecule has 0 aliphatic carbocycles. The Morgan fingerprint density at radius 3 is 2.86 bits per heavy atom. The van der Waals surface area contributed by atoms with Crippen LogP contribution in [0.3, 0.4) is 0 Å². The van der Waals surface area contributed by atoms with Gasteiger partial charge in [0.15, 0.2) is 5.69 Å². The molecule has 1 aliphatic heterocycles. The average molecular weight is 321 g/mol. The minimum atomic E-state index is -0.532. The summed E-state index contributed by atoms with van der Waals surface area (Å²) in [6, 6.07) is 3.97. The number of fused-ring (bicyclic) bond motifs is 1. The van der Waals surface area contributed by atoms with Crippen molar-refractivity contribution in [2.24, 2.45) is 7.05 Å². The van der Waals surface area contributed by atoms with Crippen LogP contribution in [0.4, 0.5) is 4.39 Å². The number of hydrogen-bond donors (Lipinski definition) is 1. The Morgan fingerprint density at radius 2 is 2.14 bits per heavy atom. The van der Waals surface area contributed by atoms with E-state index in [0.717, 1.165) is 30.4 Å². The Bertz CT molecular complexity index is 784. The first-order valence-electron chi connectivity index (χ1n) is 7.11. The number of rotatable bonds is 2. The molecule has 0 saturated carbocycles. The molecule has 116 valence electrons. The predicted molar refractivity (Wildman–Crippen MR) is 84.8 cm³/mol. The highest BCUT2D eigenvalue weighted by atomic mass is 32.2. The van der Waals surface area contributed by atoms with Gasteiger partial charge in [0.25, 0.3) is 5.91 Å². The number of thioether (sulfide) groups is 1. The lowest BCUT2D eigenvalue weighted by atomic mass is 10.1. The molecule has 1 aliphatic rings.